The van der Waals surface area contributed by atoms with Crippen molar-refractivity contribution in [3.05, 3.63) is 0 Å². The molecule has 0 radical (unpaired) electrons. The molecule has 164 valence electrons. The van der Waals surface area contributed by atoms with Crippen LogP contribution in [0, 0.1) is 0 Å². The summed E-state index contributed by atoms with van der Waals surface area (Å²) >= 11 is 0. The molecule has 0 rings (SSSR count). The van der Waals surface area contributed by atoms with Crippen LogP contribution in [0.3, 0.4) is 0 Å². The van der Waals surface area contributed by atoms with Crippen LogP contribution in [0.5, 0.6) is 0 Å². The molecule has 0 saturated heterocycles. The first-order chi connectivity index (χ1) is 13.0. The van der Waals surface area contributed by atoms with Crippen LogP contribution in [0.2, 0.25) is 0 Å². The number of hydrogen-bond acceptors (Lipinski definition) is 4. The monoisotopic (exact) mass is 410 g/mol. The molecule has 0 spiro atoms. The van der Waals surface area contributed by atoms with Crippen molar-refractivity contribution in [1.29, 1.82) is 0 Å². The van der Waals surface area contributed by atoms with Crippen molar-refractivity contribution in [2.45, 2.75) is 103 Å². The standard InChI is InChI=1S/C20H43O6P/c1-3-4-5-6-7-8-9-10-11-12-13-14-15-16-17-25-18-20(24-2)19-26-27(21,22)23/h20H,3-19H2,1-2H3,(H2,21,22,23). The largest absolute Gasteiger partial charge is 0.469 e. The van der Waals surface area contributed by atoms with Gasteiger partial charge in [0, 0.05) is 13.7 Å². The minimum atomic E-state index is -4.44. The minimum Gasteiger partial charge on any atom is -0.379 e. The number of methoxy groups -OCH3 is 1. The lowest BCUT2D eigenvalue weighted by Crippen LogP contribution is -2.24. The highest BCUT2D eigenvalue weighted by molar-refractivity contribution is 7.46. The van der Waals surface area contributed by atoms with Gasteiger partial charge in [-0.1, -0.05) is 90.4 Å². The highest BCUT2D eigenvalue weighted by atomic mass is 31.2. The number of rotatable bonds is 21. The Kier molecular flexibility index (Phi) is 19.4. The van der Waals surface area contributed by atoms with Gasteiger partial charge < -0.3 is 19.3 Å². The molecule has 0 aromatic carbocycles. The van der Waals surface area contributed by atoms with E-state index in [9.17, 15) is 4.57 Å². The number of phosphoric acid groups is 1. The lowest BCUT2D eigenvalue weighted by atomic mass is 10.0. The molecule has 1 atom stereocenters. The summed E-state index contributed by atoms with van der Waals surface area (Å²) in [6.45, 7) is 3.03. The third-order valence-electron chi connectivity index (χ3n) is 4.71. The molecule has 0 heterocycles. The highest BCUT2D eigenvalue weighted by Crippen LogP contribution is 2.35. The number of phosphoric ester groups is 1. The van der Waals surface area contributed by atoms with Gasteiger partial charge in [0.25, 0.3) is 0 Å². The minimum absolute atomic E-state index is 0.167. The van der Waals surface area contributed by atoms with Crippen molar-refractivity contribution < 1.29 is 28.3 Å². The van der Waals surface area contributed by atoms with Gasteiger partial charge in [-0.3, -0.25) is 4.52 Å². The molecule has 0 aliphatic carbocycles. The second-order valence-corrected chi connectivity index (χ2v) is 8.55. The predicted molar refractivity (Wildman–Crippen MR) is 110 cm³/mol. The topological polar surface area (TPSA) is 85.2 Å². The van der Waals surface area contributed by atoms with E-state index in [-0.39, 0.29) is 13.2 Å². The fourth-order valence-electron chi connectivity index (χ4n) is 2.98. The molecule has 0 bridgehead atoms. The van der Waals surface area contributed by atoms with Crippen molar-refractivity contribution in [3.8, 4) is 0 Å². The maximum absolute atomic E-state index is 10.7. The van der Waals surface area contributed by atoms with Gasteiger partial charge in [-0.25, -0.2) is 4.57 Å². The van der Waals surface area contributed by atoms with Crippen LogP contribution in [0.1, 0.15) is 96.8 Å². The molecule has 6 nitrogen and oxygen atoms in total. The molecule has 2 N–H and O–H groups in total. The summed E-state index contributed by atoms with van der Waals surface area (Å²) in [5.41, 5.74) is 0. The molecule has 0 amide bonds. The van der Waals surface area contributed by atoms with Gasteiger partial charge in [-0.15, -0.1) is 0 Å². The molecule has 0 saturated carbocycles. The van der Waals surface area contributed by atoms with Gasteiger partial charge in [-0.2, -0.15) is 0 Å². The van der Waals surface area contributed by atoms with Gasteiger partial charge in [0.2, 0.25) is 0 Å². The second-order valence-electron chi connectivity index (χ2n) is 7.32. The molecule has 0 aliphatic heterocycles. The molecular weight excluding hydrogens is 367 g/mol. The van der Waals surface area contributed by atoms with Crippen LogP contribution >= 0.6 is 7.82 Å². The normalized spacial score (nSPS) is 13.2. The Morgan fingerprint density at radius 3 is 1.59 bits per heavy atom. The Bertz CT molecular complexity index is 347. The summed E-state index contributed by atoms with van der Waals surface area (Å²) in [5, 5.41) is 0. The van der Waals surface area contributed by atoms with Crippen LogP contribution in [0.25, 0.3) is 0 Å². The first kappa shape index (κ1) is 27.0. The maximum atomic E-state index is 10.7. The Hall–Kier alpha value is 0.0300. The second kappa shape index (κ2) is 19.4. The van der Waals surface area contributed by atoms with Gasteiger partial charge in [-0.05, 0) is 6.42 Å². The third-order valence-corrected chi connectivity index (χ3v) is 5.19. The maximum Gasteiger partial charge on any atom is 0.469 e. The van der Waals surface area contributed by atoms with Crippen molar-refractivity contribution in [3.63, 3.8) is 0 Å². The zero-order chi connectivity index (χ0) is 20.2. The van der Waals surface area contributed by atoms with E-state index in [0.717, 1.165) is 12.8 Å². The molecular formula is C20H43O6P. The van der Waals surface area contributed by atoms with Gasteiger partial charge in [0.05, 0.1) is 13.2 Å². The third kappa shape index (κ3) is 22.2. The molecule has 27 heavy (non-hydrogen) atoms. The molecule has 0 aromatic rings. The molecule has 0 aromatic heterocycles. The summed E-state index contributed by atoms with van der Waals surface area (Å²) in [4.78, 5) is 17.3. The molecule has 1 unspecified atom stereocenters. The van der Waals surface area contributed by atoms with Gasteiger partial charge >= 0.3 is 7.82 Å². The van der Waals surface area contributed by atoms with Gasteiger partial charge in [0.1, 0.15) is 6.10 Å². The Morgan fingerprint density at radius 2 is 1.19 bits per heavy atom. The molecule has 0 fully saturated rings. The highest BCUT2D eigenvalue weighted by Gasteiger charge is 2.18. The first-order valence-electron chi connectivity index (χ1n) is 10.8. The average Bonchev–Trinajstić information content (AvgIpc) is 2.63. The zero-order valence-electron chi connectivity index (χ0n) is 17.6. The Labute approximate surface area is 166 Å². The molecule has 0 aliphatic rings. The van der Waals surface area contributed by atoms with E-state index in [1.54, 1.807) is 0 Å². The fourth-order valence-corrected chi connectivity index (χ4v) is 3.34. The number of unbranched alkanes of at least 4 members (excludes halogenated alkanes) is 13. The van der Waals surface area contributed by atoms with Crippen LogP contribution in [0.4, 0.5) is 0 Å². The Balaban J connectivity index is 3.25. The van der Waals surface area contributed by atoms with Crippen molar-refractivity contribution in [1.82, 2.24) is 0 Å². The fraction of sp³-hybridized carbons (Fsp3) is 1.00. The zero-order valence-corrected chi connectivity index (χ0v) is 18.5. The number of hydrogen-bond donors (Lipinski definition) is 2. The van der Waals surface area contributed by atoms with Crippen molar-refractivity contribution >= 4 is 7.82 Å². The summed E-state index contributed by atoms with van der Waals surface area (Å²) in [7, 11) is -2.97. The van der Waals surface area contributed by atoms with Crippen molar-refractivity contribution in [2.24, 2.45) is 0 Å². The Morgan fingerprint density at radius 1 is 0.741 bits per heavy atom. The smallest absolute Gasteiger partial charge is 0.379 e. The van der Waals surface area contributed by atoms with E-state index in [1.165, 1.54) is 84.2 Å². The van der Waals surface area contributed by atoms with Gasteiger partial charge in [0.15, 0.2) is 0 Å². The van der Waals surface area contributed by atoms with E-state index >= 15 is 0 Å². The summed E-state index contributed by atoms with van der Waals surface area (Å²) < 4.78 is 25.7. The van der Waals surface area contributed by atoms with Crippen LogP contribution in [0.15, 0.2) is 0 Å². The van der Waals surface area contributed by atoms with E-state index in [0.29, 0.717) is 6.61 Å². The van der Waals surface area contributed by atoms with Crippen LogP contribution in [-0.4, -0.2) is 42.8 Å². The SMILES string of the molecule is CCCCCCCCCCCCCCCCOCC(COP(=O)(O)O)OC. The summed E-state index contributed by atoms with van der Waals surface area (Å²) in [5.74, 6) is 0. The quantitative estimate of drug-likeness (QED) is 0.189. The van der Waals surface area contributed by atoms with E-state index in [4.69, 9.17) is 19.3 Å². The lowest BCUT2D eigenvalue weighted by molar-refractivity contribution is -0.0201. The predicted octanol–water partition coefficient (Wildman–Crippen LogP) is 5.61. The van der Waals surface area contributed by atoms with E-state index in [2.05, 4.69) is 11.4 Å². The average molecular weight is 411 g/mol. The molecule has 7 heteroatoms. The van der Waals surface area contributed by atoms with Crippen molar-refractivity contribution in [2.75, 3.05) is 26.9 Å². The van der Waals surface area contributed by atoms with E-state index < -0.39 is 13.9 Å². The lowest BCUT2D eigenvalue weighted by Gasteiger charge is -2.16. The summed E-state index contributed by atoms with van der Waals surface area (Å²) in [6, 6.07) is 0. The van der Waals surface area contributed by atoms with E-state index in [1.807, 2.05) is 0 Å². The first-order valence-corrected chi connectivity index (χ1v) is 12.3. The van der Waals surface area contributed by atoms with Crippen LogP contribution < -0.4 is 0 Å². The summed E-state index contributed by atoms with van der Waals surface area (Å²) in [6.07, 6.45) is 18.1. The number of ether oxygens (including phenoxy) is 2. The van der Waals surface area contributed by atoms with Crippen LogP contribution in [-0.2, 0) is 18.6 Å².